The number of hydrogen-bond donors (Lipinski definition) is 1. The number of halogens is 1. The Morgan fingerprint density at radius 1 is 1.47 bits per heavy atom. The molecule has 98 valence electrons. The molecule has 2 aromatic heterocycles. The van der Waals surface area contributed by atoms with E-state index in [1.165, 1.54) is 3.57 Å². The standard InChI is InChI=1S/C13H12IN3OS/c1-2-9-6-15-12(18-9)7-17-11-4-3-8(14)5-10(11)16-13(17)19/h3-6H,2,7H2,1H3,(H,16,19). The Hall–Kier alpha value is -1.15. The second-order valence-electron chi connectivity index (χ2n) is 4.25. The first-order chi connectivity index (χ1) is 9.17. The molecule has 19 heavy (non-hydrogen) atoms. The van der Waals surface area contributed by atoms with Crippen LogP contribution >= 0.6 is 34.8 Å². The van der Waals surface area contributed by atoms with Gasteiger partial charge in [-0.05, 0) is 53.0 Å². The zero-order chi connectivity index (χ0) is 13.4. The summed E-state index contributed by atoms with van der Waals surface area (Å²) in [5, 5.41) is 0. The Labute approximate surface area is 129 Å². The van der Waals surface area contributed by atoms with Crippen LogP contribution in [-0.2, 0) is 13.0 Å². The molecule has 0 fully saturated rings. The summed E-state index contributed by atoms with van der Waals surface area (Å²) in [6.07, 6.45) is 2.63. The third kappa shape index (κ3) is 2.46. The Bertz CT molecular complexity index is 787. The van der Waals surface area contributed by atoms with Gasteiger partial charge in [-0.1, -0.05) is 6.92 Å². The zero-order valence-corrected chi connectivity index (χ0v) is 13.3. The lowest BCUT2D eigenvalue weighted by atomic mass is 10.3. The molecule has 2 heterocycles. The third-order valence-corrected chi connectivity index (χ3v) is 3.97. The molecular weight excluding hydrogens is 373 g/mol. The molecule has 3 aromatic rings. The molecule has 0 aliphatic carbocycles. The van der Waals surface area contributed by atoms with Crippen LogP contribution in [0.25, 0.3) is 11.0 Å². The van der Waals surface area contributed by atoms with Gasteiger partial charge in [-0.25, -0.2) is 4.98 Å². The second-order valence-corrected chi connectivity index (χ2v) is 5.88. The highest BCUT2D eigenvalue weighted by atomic mass is 127. The fourth-order valence-corrected chi connectivity index (χ4v) is 2.78. The number of fused-ring (bicyclic) bond motifs is 1. The predicted molar refractivity (Wildman–Crippen MR) is 84.8 cm³/mol. The summed E-state index contributed by atoms with van der Waals surface area (Å²) in [5.74, 6) is 1.59. The van der Waals surface area contributed by atoms with Gasteiger partial charge in [0.05, 0.1) is 17.2 Å². The van der Waals surface area contributed by atoms with Crippen molar-refractivity contribution in [1.82, 2.24) is 14.5 Å². The lowest BCUT2D eigenvalue weighted by Crippen LogP contribution is -1.99. The number of nitrogens with one attached hydrogen (secondary N) is 1. The molecule has 0 atom stereocenters. The number of H-pyrrole nitrogens is 1. The number of hydrogen-bond acceptors (Lipinski definition) is 3. The van der Waals surface area contributed by atoms with Gasteiger partial charge in [-0.2, -0.15) is 0 Å². The van der Waals surface area contributed by atoms with Crippen LogP contribution in [0.15, 0.2) is 28.8 Å². The van der Waals surface area contributed by atoms with E-state index in [4.69, 9.17) is 16.6 Å². The Kier molecular flexibility index (Phi) is 3.44. The van der Waals surface area contributed by atoms with E-state index in [0.29, 0.717) is 17.2 Å². The van der Waals surface area contributed by atoms with Crippen LogP contribution in [0, 0.1) is 8.34 Å². The van der Waals surface area contributed by atoms with E-state index >= 15 is 0 Å². The van der Waals surface area contributed by atoms with Gasteiger partial charge >= 0.3 is 0 Å². The number of oxazole rings is 1. The van der Waals surface area contributed by atoms with Crippen molar-refractivity contribution in [1.29, 1.82) is 0 Å². The highest BCUT2D eigenvalue weighted by molar-refractivity contribution is 14.1. The molecule has 0 aliphatic heterocycles. The largest absolute Gasteiger partial charge is 0.444 e. The number of nitrogens with zero attached hydrogens (tertiary/aromatic N) is 2. The van der Waals surface area contributed by atoms with Crippen molar-refractivity contribution in [3.63, 3.8) is 0 Å². The maximum atomic E-state index is 5.64. The molecule has 0 spiro atoms. The maximum Gasteiger partial charge on any atom is 0.214 e. The Morgan fingerprint density at radius 2 is 2.32 bits per heavy atom. The van der Waals surface area contributed by atoms with Crippen molar-refractivity contribution in [2.24, 2.45) is 0 Å². The molecule has 0 amide bonds. The molecule has 0 unspecified atom stereocenters. The van der Waals surface area contributed by atoms with Crippen molar-refractivity contribution >= 4 is 45.8 Å². The summed E-state index contributed by atoms with van der Waals surface area (Å²) in [6.45, 7) is 2.60. The van der Waals surface area contributed by atoms with Gasteiger partial charge in [0.15, 0.2) is 4.77 Å². The smallest absolute Gasteiger partial charge is 0.214 e. The molecule has 1 N–H and O–H groups in total. The van der Waals surface area contributed by atoms with E-state index < -0.39 is 0 Å². The van der Waals surface area contributed by atoms with Crippen LogP contribution in [-0.4, -0.2) is 14.5 Å². The van der Waals surface area contributed by atoms with Gasteiger partial charge in [-0.3, -0.25) is 0 Å². The second kappa shape index (κ2) is 5.09. The highest BCUT2D eigenvalue weighted by Crippen LogP contribution is 2.18. The van der Waals surface area contributed by atoms with Crippen molar-refractivity contribution in [3.8, 4) is 0 Å². The molecular formula is C13H12IN3OS. The van der Waals surface area contributed by atoms with E-state index in [0.717, 1.165) is 23.2 Å². The number of aromatic nitrogens is 3. The van der Waals surface area contributed by atoms with Gasteiger partial charge in [-0.15, -0.1) is 0 Å². The van der Waals surface area contributed by atoms with Crippen molar-refractivity contribution in [3.05, 3.63) is 44.4 Å². The van der Waals surface area contributed by atoms with Gasteiger partial charge in [0.1, 0.15) is 12.3 Å². The van der Waals surface area contributed by atoms with Crippen LogP contribution in [0.5, 0.6) is 0 Å². The molecule has 3 rings (SSSR count). The summed E-state index contributed by atoms with van der Waals surface area (Å²) in [5.41, 5.74) is 2.11. The molecule has 1 aromatic carbocycles. The molecule has 0 bridgehead atoms. The fourth-order valence-electron chi connectivity index (χ4n) is 2.01. The van der Waals surface area contributed by atoms with Crippen LogP contribution in [0.4, 0.5) is 0 Å². The van der Waals surface area contributed by atoms with E-state index in [2.05, 4.69) is 50.8 Å². The van der Waals surface area contributed by atoms with Crippen LogP contribution in [0.2, 0.25) is 0 Å². The lowest BCUT2D eigenvalue weighted by molar-refractivity contribution is 0.447. The summed E-state index contributed by atoms with van der Waals surface area (Å²) in [7, 11) is 0. The van der Waals surface area contributed by atoms with Gasteiger partial charge in [0.25, 0.3) is 0 Å². The minimum Gasteiger partial charge on any atom is -0.444 e. The monoisotopic (exact) mass is 385 g/mol. The molecule has 4 nitrogen and oxygen atoms in total. The number of aromatic amines is 1. The number of aryl methyl sites for hydroxylation is 1. The number of imidazole rings is 1. The van der Waals surface area contributed by atoms with Crippen LogP contribution < -0.4 is 0 Å². The van der Waals surface area contributed by atoms with Crippen molar-refractivity contribution in [2.45, 2.75) is 19.9 Å². The first-order valence-corrected chi connectivity index (χ1v) is 7.47. The quantitative estimate of drug-likeness (QED) is 0.550. The highest BCUT2D eigenvalue weighted by Gasteiger charge is 2.09. The minimum atomic E-state index is 0.555. The van der Waals surface area contributed by atoms with E-state index in [1.807, 2.05) is 11.5 Å². The molecule has 0 saturated heterocycles. The third-order valence-electron chi connectivity index (χ3n) is 2.98. The predicted octanol–water partition coefficient (Wildman–Crippen LogP) is 3.90. The normalized spacial score (nSPS) is 11.3. The molecule has 6 heteroatoms. The summed E-state index contributed by atoms with van der Waals surface area (Å²) in [4.78, 5) is 7.49. The number of rotatable bonds is 3. The van der Waals surface area contributed by atoms with Gasteiger partial charge in [0.2, 0.25) is 5.89 Å². The Morgan fingerprint density at radius 3 is 3.05 bits per heavy atom. The topological polar surface area (TPSA) is 46.8 Å². The van der Waals surface area contributed by atoms with Crippen LogP contribution in [0.1, 0.15) is 18.6 Å². The molecule has 0 aliphatic rings. The van der Waals surface area contributed by atoms with Crippen molar-refractivity contribution in [2.75, 3.05) is 0 Å². The van der Waals surface area contributed by atoms with Crippen molar-refractivity contribution < 1.29 is 4.42 Å². The summed E-state index contributed by atoms with van der Waals surface area (Å²) in [6, 6.07) is 6.21. The van der Waals surface area contributed by atoms with Gasteiger partial charge < -0.3 is 14.0 Å². The number of benzene rings is 1. The first-order valence-electron chi connectivity index (χ1n) is 5.99. The maximum absolute atomic E-state index is 5.64. The van der Waals surface area contributed by atoms with E-state index in [9.17, 15) is 0 Å². The van der Waals surface area contributed by atoms with E-state index in [1.54, 1.807) is 6.20 Å². The summed E-state index contributed by atoms with van der Waals surface area (Å²) >= 11 is 7.65. The lowest BCUT2D eigenvalue weighted by Gasteiger charge is -2.01. The minimum absolute atomic E-state index is 0.555. The average Bonchev–Trinajstić information content (AvgIpc) is 2.95. The molecule has 0 saturated carbocycles. The van der Waals surface area contributed by atoms with Gasteiger partial charge in [0, 0.05) is 9.99 Å². The van der Waals surface area contributed by atoms with Crippen LogP contribution in [0.3, 0.4) is 0 Å². The zero-order valence-electron chi connectivity index (χ0n) is 10.3. The van der Waals surface area contributed by atoms with E-state index in [-0.39, 0.29) is 0 Å². The fraction of sp³-hybridized carbons (Fsp3) is 0.231. The average molecular weight is 385 g/mol. The first kappa shape index (κ1) is 12.9. The molecule has 0 radical (unpaired) electrons. The summed E-state index contributed by atoms with van der Waals surface area (Å²) < 4.78 is 9.51. The Balaban J connectivity index is 2.05. The SMILES string of the molecule is CCc1cnc(Cn2c(=S)[nH]c3cc(I)ccc32)o1.